The van der Waals surface area contributed by atoms with Crippen molar-refractivity contribution in [3.05, 3.63) is 58.1 Å². The number of rotatable bonds is 5. The molecule has 0 saturated heterocycles. The Morgan fingerprint density at radius 3 is 2.64 bits per heavy atom. The molecule has 0 spiro atoms. The van der Waals surface area contributed by atoms with Gasteiger partial charge >= 0.3 is 0 Å². The Morgan fingerprint density at radius 2 is 2.00 bits per heavy atom. The molecule has 0 unspecified atom stereocenters. The zero-order valence-corrected chi connectivity index (χ0v) is 18.6. The second kappa shape index (κ2) is 7.94. The molecule has 0 N–H and O–H groups in total. The highest BCUT2D eigenvalue weighted by molar-refractivity contribution is 9.10. The minimum absolute atomic E-state index is 0.149. The van der Waals surface area contributed by atoms with E-state index in [1.807, 2.05) is 11.5 Å². The first kappa shape index (κ1) is 21.0. The van der Waals surface area contributed by atoms with Crippen LogP contribution in [-0.4, -0.2) is 36.4 Å². The van der Waals surface area contributed by atoms with E-state index in [0.717, 1.165) is 14.3 Å². The topological polar surface area (TPSA) is 55.2 Å². The van der Waals surface area contributed by atoms with Crippen molar-refractivity contribution in [3.63, 3.8) is 0 Å². The fourth-order valence-electron chi connectivity index (χ4n) is 2.81. The molecule has 28 heavy (non-hydrogen) atoms. The quantitative estimate of drug-likeness (QED) is 0.513. The summed E-state index contributed by atoms with van der Waals surface area (Å²) in [6.07, 6.45) is 1.51. The van der Waals surface area contributed by atoms with Crippen molar-refractivity contribution in [2.75, 3.05) is 14.1 Å². The highest BCUT2D eigenvalue weighted by Crippen LogP contribution is 2.29. The summed E-state index contributed by atoms with van der Waals surface area (Å²) < 4.78 is 42.6. The van der Waals surface area contributed by atoms with Gasteiger partial charge in [0.25, 0.3) is 0 Å². The van der Waals surface area contributed by atoms with E-state index < -0.39 is 15.8 Å². The van der Waals surface area contributed by atoms with Gasteiger partial charge in [-0.15, -0.1) is 0 Å². The van der Waals surface area contributed by atoms with Crippen LogP contribution in [0.4, 0.5) is 4.39 Å². The third kappa shape index (κ3) is 3.87. The summed E-state index contributed by atoms with van der Waals surface area (Å²) in [7, 11) is -0.628. The van der Waals surface area contributed by atoms with E-state index in [0.29, 0.717) is 23.4 Å². The Hall–Kier alpha value is -1.74. The van der Waals surface area contributed by atoms with Crippen LogP contribution in [0.25, 0.3) is 22.1 Å². The van der Waals surface area contributed by atoms with Gasteiger partial charge in [0.15, 0.2) is 5.82 Å². The van der Waals surface area contributed by atoms with Crippen LogP contribution < -0.4 is 0 Å². The lowest BCUT2D eigenvalue weighted by atomic mass is 10.2. The number of aromatic nitrogens is 2. The average Bonchev–Trinajstić information content (AvgIpc) is 3.02. The maximum atomic E-state index is 14.1. The Bertz CT molecular complexity index is 1190. The van der Waals surface area contributed by atoms with Crippen LogP contribution >= 0.6 is 27.5 Å². The van der Waals surface area contributed by atoms with Crippen molar-refractivity contribution in [2.45, 2.75) is 18.4 Å². The lowest BCUT2D eigenvalue weighted by molar-refractivity contribution is 0.521. The van der Waals surface area contributed by atoms with Crippen LogP contribution in [0.2, 0.25) is 0 Å². The third-order valence-electron chi connectivity index (χ3n) is 4.27. The summed E-state index contributed by atoms with van der Waals surface area (Å²) in [4.78, 5) is 4.66. The number of sulfonamides is 1. The van der Waals surface area contributed by atoms with Crippen molar-refractivity contribution in [2.24, 2.45) is 0 Å². The van der Waals surface area contributed by atoms with Gasteiger partial charge in [0.2, 0.25) is 10.0 Å². The number of imidazole rings is 1. The van der Waals surface area contributed by atoms with E-state index in [1.165, 1.54) is 32.3 Å². The summed E-state index contributed by atoms with van der Waals surface area (Å²) in [5, 5.41) is 0.257. The van der Waals surface area contributed by atoms with Gasteiger partial charge in [0.1, 0.15) is 5.82 Å². The molecule has 0 amide bonds. The van der Waals surface area contributed by atoms with Crippen LogP contribution in [0, 0.1) is 5.82 Å². The van der Waals surface area contributed by atoms with E-state index in [9.17, 15) is 12.8 Å². The standard InChI is InChI=1S/C19H18BrClFN3O2S/c1-4-25-18-8-6-14(28(26,27)24(2)3)11-17(18)23-19(25)15(21)10-12-9-13(20)5-7-16(12)22/h5-11H,4H2,1-3H3/b15-10-. The lowest BCUT2D eigenvalue weighted by Gasteiger charge is -2.11. The normalized spacial score (nSPS) is 12.9. The first-order valence-electron chi connectivity index (χ1n) is 8.40. The number of hydrogen-bond donors (Lipinski definition) is 0. The predicted molar refractivity (Wildman–Crippen MR) is 114 cm³/mol. The van der Waals surface area contributed by atoms with Crippen molar-refractivity contribution in [3.8, 4) is 0 Å². The Kier molecular flexibility index (Phi) is 5.95. The second-order valence-corrected chi connectivity index (χ2v) is 9.75. The van der Waals surface area contributed by atoms with E-state index in [4.69, 9.17) is 11.6 Å². The SMILES string of the molecule is CCn1c(/C(Cl)=C/c2cc(Br)ccc2F)nc2cc(S(=O)(=O)N(C)C)ccc21. The summed E-state index contributed by atoms with van der Waals surface area (Å²) in [5.74, 6) is 0.0396. The van der Waals surface area contributed by atoms with Gasteiger partial charge in [-0.2, -0.15) is 0 Å². The number of fused-ring (bicyclic) bond motifs is 1. The van der Waals surface area contributed by atoms with Crippen molar-refractivity contribution < 1.29 is 12.8 Å². The fraction of sp³-hybridized carbons (Fsp3) is 0.211. The minimum atomic E-state index is -3.58. The minimum Gasteiger partial charge on any atom is -0.324 e. The van der Waals surface area contributed by atoms with E-state index in [-0.39, 0.29) is 9.93 Å². The molecule has 3 rings (SSSR count). The maximum absolute atomic E-state index is 14.1. The van der Waals surface area contributed by atoms with E-state index in [2.05, 4.69) is 20.9 Å². The zero-order valence-electron chi connectivity index (χ0n) is 15.4. The van der Waals surface area contributed by atoms with Gasteiger partial charge < -0.3 is 4.57 Å². The maximum Gasteiger partial charge on any atom is 0.242 e. The van der Waals surface area contributed by atoms with Gasteiger partial charge in [-0.1, -0.05) is 27.5 Å². The smallest absolute Gasteiger partial charge is 0.242 e. The lowest BCUT2D eigenvalue weighted by Crippen LogP contribution is -2.22. The number of halogens is 3. The van der Waals surface area contributed by atoms with Gasteiger partial charge in [0.05, 0.1) is 21.0 Å². The molecule has 2 aromatic carbocycles. The van der Waals surface area contributed by atoms with Crippen LogP contribution in [0.15, 0.2) is 45.8 Å². The molecule has 9 heteroatoms. The molecule has 0 fully saturated rings. The molecule has 3 aromatic rings. The summed E-state index contributed by atoms with van der Waals surface area (Å²) in [6, 6.07) is 9.34. The molecule has 0 saturated carbocycles. The molecule has 0 atom stereocenters. The molecule has 0 bridgehead atoms. The highest BCUT2D eigenvalue weighted by atomic mass is 79.9. The van der Waals surface area contributed by atoms with Crippen molar-refractivity contribution in [1.82, 2.24) is 13.9 Å². The fourth-order valence-corrected chi connectivity index (χ4v) is 4.37. The number of hydrogen-bond acceptors (Lipinski definition) is 3. The van der Waals surface area contributed by atoms with Crippen LogP contribution in [-0.2, 0) is 16.6 Å². The Labute approximate surface area is 176 Å². The largest absolute Gasteiger partial charge is 0.324 e. The number of nitrogens with zero attached hydrogens (tertiary/aromatic N) is 3. The van der Waals surface area contributed by atoms with Gasteiger partial charge in [0, 0.05) is 30.7 Å². The van der Waals surface area contributed by atoms with Crippen molar-refractivity contribution in [1.29, 1.82) is 0 Å². The summed E-state index contributed by atoms with van der Waals surface area (Å²) in [5.41, 5.74) is 1.57. The Morgan fingerprint density at radius 1 is 1.29 bits per heavy atom. The molecule has 148 valence electrons. The van der Waals surface area contributed by atoms with Gasteiger partial charge in [-0.05, 0) is 49.4 Å². The molecule has 1 aromatic heterocycles. The number of aryl methyl sites for hydroxylation is 1. The summed E-state index contributed by atoms with van der Waals surface area (Å²) >= 11 is 9.79. The zero-order chi connectivity index (χ0) is 20.6. The van der Waals surface area contributed by atoms with Gasteiger partial charge in [-0.3, -0.25) is 0 Å². The monoisotopic (exact) mass is 485 g/mol. The van der Waals surface area contributed by atoms with E-state index >= 15 is 0 Å². The van der Waals surface area contributed by atoms with Crippen molar-refractivity contribution >= 4 is 59.7 Å². The molecular formula is C19H18BrClFN3O2S. The first-order valence-corrected chi connectivity index (χ1v) is 11.0. The molecular weight excluding hydrogens is 469 g/mol. The molecule has 0 aliphatic rings. The van der Waals surface area contributed by atoms with Crippen LogP contribution in [0.3, 0.4) is 0 Å². The third-order valence-corrected chi connectivity index (χ3v) is 6.85. The van der Waals surface area contributed by atoms with Crippen LogP contribution in [0.5, 0.6) is 0 Å². The first-order chi connectivity index (χ1) is 13.1. The van der Waals surface area contributed by atoms with Crippen LogP contribution in [0.1, 0.15) is 18.3 Å². The number of benzene rings is 2. The molecule has 1 heterocycles. The predicted octanol–water partition coefficient (Wildman–Crippen LogP) is 4.95. The molecule has 0 aliphatic carbocycles. The summed E-state index contributed by atoms with van der Waals surface area (Å²) in [6.45, 7) is 2.50. The van der Waals surface area contributed by atoms with Gasteiger partial charge in [-0.25, -0.2) is 22.1 Å². The molecule has 5 nitrogen and oxygen atoms in total. The highest BCUT2D eigenvalue weighted by Gasteiger charge is 2.20. The molecule has 0 radical (unpaired) electrons. The second-order valence-electron chi connectivity index (χ2n) is 6.28. The van der Waals surface area contributed by atoms with E-state index in [1.54, 1.807) is 24.3 Å². The molecule has 0 aliphatic heterocycles. The average molecular weight is 487 g/mol. The Balaban J connectivity index is 2.16.